The summed E-state index contributed by atoms with van der Waals surface area (Å²) in [5.74, 6) is -0.821. The largest absolute Gasteiger partial charge is 0.550 e. The van der Waals surface area contributed by atoms with Gasteiger partial charge in [-0.3, -0.25) is 4.79 Å². The third-order valence-electron chi connectivity index (χ3n) is 3.33. The van der Waals surface area contributed by atoms with Crippen LogP contribution in [0.2, 0.25) is 0 Å². The van der Waals surface area contributed by atoms with Gasteiger partial charge in [-0.15, -0.1) is 0 Å². The van der Waals surface area contributed by atoms with Crippen LogP contribution in [0, 0.1) is 6.92 Å². The van der Waals surface area contributed by atoms with E-state index in [1.807, 2.05) is 13.8 Å². The first-order valence-corrected chi connectivity index (χ1v) is 7.08. The highest BCUT2D eigenvalue weighted by atomic mass is 16.5. The number of carbonyl (C=O) groups is 2. The van der Waals surface area contributed by atoms with Crippen molar-refractivity contribution in [1.29, 1.82) is 0 Å². The fourth-order valence-corrected chi connectivity index (χ4v) is 2.27. The molecule has 22 heavy (non-hydrogen) atoms. The van der Waals surface area contributed by atoms with Gasteiger partial charge in [-0.2, -0.15) is 0 Å². The molecule has 0 bridgehead atoms. The number of aryl methyl sites for hydroxylation is 1. The minimum absolute atomic E-state index is 0.179. The molecule has 0 aliphatic heterocycles. The number of rotatable bonds is 6. The van der Waals surface area contributed by atoms with E-state index in [4.69, 9.17) is 4.74 Å². The van der Waals surface area contributed by atoms with Crippen molar-refractivity contribution in [1.82, 2.24) is 0 Å². The van der Waals surface area contributed by atoms with Gasteiger partial charge in [0.2, 0.25) is 0 Å². The van der Waals surface area contributed by atoms with E-state index in [2.05, 4.69) is 0 Å². The molecule has 0 atom stereocenters. The summed E-state index contributed by atoms with van der Waals surface area (Å²) in [6, 6.07) is 12.1. The number of carbonyl (C=O) groups excluding carboxylic acids is 2. The number of ketones is 1. The maximum atomic E-state index is 12.8. The lowest BCUT2D eigenvalue weighted by Gasteiger charge is -2.12. The predicted molar refractivity (Wildman–Crippen MR) is 80.9 cm³/mol. The van der Waals surface area contributed by atoms with Gasteiger partial charge >= 0.3 is 0 Å². The average Bonchev–Trinajstić information content (AvgIpc) is 2.49. The Labute approximate surface area is 129 Å². The van der Waals surface area contributed by atoms with Crippen molar-refractivity contribution in [3.8, 4) is 5.75 Å². The minimum Gasteiger partial charge on any atom is -0.550 e. The van der Waals surface area contributed by atoms with Crippen LogP contribution in [0.1, 0.15) is 34.0 Å². The molecule has 0 aliphatic carbocycles. The van der Waals surface area contributed by atoms with Gasteiger partial charge in [0.25, 0.3) is 0 Å². The molecule has 0 amide bonds. The Morgan fingerprint density at radius 1 is 1.09 bits per heavy atom. The molecule has 0 aromatic heterocycles. The van der Waals surface area contributed by atoms with Crippen molar-refractivity contribution in [2.45, 2.75) is 20.3 Å². The molecule has 0 radical (unpaired) electrons. The minimum atomic E-state index is -1.17. The Morgan fingerprint density at radius 3 is 2.50 bits per heavy atom. The van der Waals surface area contributed by atoms with Crippen LogP contribution in [0.25, 0.3) is 0 Å². The van der Waals surface area contributed by atoms with Crippen LogP contribution in [0.5, 0.6) is 5.75 Å². The highest BCUT2D eigenvalue weighted by Gasteiger charge is 2.16. The van der Waals surface area contributed by atoms with Crippen molar-refractivity contribution < 1.29 is 19.4 Å². The molecule has 2 aromatic rings. The number of ether oxygens (including phenoxy) is 1. The number of carboxylic acids is 1. The summed E-state index contributed by atoms with van der Waals surface area (Å²) >= 11 is 0. The van der Waals surface area contributed by atoms with Crippen LogP contribution in [0.15, 0.2) is 42.5 Å². The Balaban J connectivity index is 2.43. The number of benzene rings is 2. The lowest BCUT2D eigenvalue weighted by atomic mass is 9.95. The maximum Gasteiger partial charge on any atom is 0.197 e. The molecule has 2 aromatic carbocycles. The fraction of sp³-hybridized carbons (Fsp3) is 0.222. The van der Waals surface area contributed by atoms with E-state index in [9.17, 15) is 14.7 Å². The van der Waals surface area contributed by atoms with Crippen molar-refractivity contribution in [2.24, 2.45) is 0 Å². The maximum absolute atomic E-state index is 12.8. The quantitative estimate of drug-likeness (QED) is 0.764. The number of hydrogen-bond donors (Lipinski definition) is 0. The smallest absolute Gasteiger partial charge is 0.197 e. The second-order valence-electron chi connectivity index (χ2n) is 4.96. The molecular formula is C18H17O4-. The van der Waals surface area contributed by atoms with E-state index in [0.29, 0.717) is 29.0 Å². The first kappa shape index (κ1) is 15.8. The van der Waals surface area contributed by atoms with Gasteiger partial charge in [-0.25, -0.2) is 0 Å². The SMILES string of the molecule is CCOc1ccccc1C(=O)c1cc(CC(=O)[O-])ccc1C. The van der Waals surface area contributed by atoms with Gasteiger partial charge in [0.15, 0.2) is 5.78 Å². The normalized spacial score (nSPS) is 10.3. The molecular weight excluding hydrogens is 280 g/mol. The Morgan fingerprint density at radius 2 is 1.82 bits per heavy atom. The van der Waals surface area contributed by atoms with Crippen molar-refractivity contribution in [3.05, 3.63) is 64.7 Å². The second-order valence-corrected chi connectivity index (χ2v) is 4.96. The average molecular weight is 297 g/mol. The zero-order chi connectivity index (χ0) is 16.1. The predicted octanol–water partition coefficient (Wildman–Crippen LogP) is 1.92. The summed E-state index contributed by atoms with van der Waals surface area (Å²) in [5, 5.41) is 10.7. The third kappa shape index (κ3) is 3.52. The number of carboxylic acid groups (broad SMARTS) is 1. The molecule has 0 unspecified atom stereocenters. The monoisotopic (exact) mass is 297 g/mol. The van der Waals surface area contributed by atoms with Crippen LogP contribution in [0.3, 0.4) is 0 Å². The summed E-state index contributed by atoms with van der Waals surface area (Å²) in [6.45, 7) is 4.14. The zero-order valence-electron chi connectivity index (χ0n) is 12.6. The van der Waals surface area contributed by atoms with Crippen molar-refractivity contribution in [2.75, 3.05) is 6.61 Å². The van der Waals surface area contributed by atoms with Crippen LogP contribution in [0.4, 0.5) is 0 Å². The van der Waals surface area contributed by atoms with E-state index >= 15 is 0 Å². The fourth-order valence-electron chi connectivity index (χ4n) is 2.27. The van der Waals surface area contributed by atoms with E-state index in [1.54, 1.807) is 42.5 Å². The number of aliphatic carboxylic acids is 1. The Kier molecular flexibility index (Phi) is 4.94. The first-order valence-electron chi connectivity index (χ1n) is 7.08. The van der Waals surface area contributed by atoms with Crippen LogP contribution in [-0.2, 0) is 11.2 Å². The molecule has 0 N–H and O–H groups in total. The highest BCUT2D eigenvalue weighted by molar-refractivity contribution is 6.11. The summed E-state index contributed by atoms with van der Waals surface area (Å²) < 4.78 is 5.49. The molecule has 114 valence electrons. The first-order chi connectivity index (χ1) is 10.5. The van der Waals surface area contributed by atoms with Crippen LogP contribution in [-0.4, -0.2) is 18.4 Å². The van der Waals surface area contributed by atoms with E-state index in [-0.39, 0.29) is 12.2 Å². The Hall–Kier alpha value is -2.62. The summed E-state index contributed by atoms with van der Waals surface area (Å²) in [7, 11) is 0. The van der Waals surface area contributed by atoms with Crippen LogP contribution < -0.4 is 9.84 Å². The van der Waals surface area contributed by atoms with Gasteiger partial charge in [0.05, 0.1) is 12.2 Å². The third-order valence-corrected chi connectivity index (χ3v) is 3.33. The zero-order valence-corrected chi connectivity index (χ0v) is 12.6. The van der Waals surface area contributed by atoms with Crippen molar-refractivity contribution >= 4 is 11.8 Å². The second kappa shape index (κ2) is 6.89. The molecule has 4 nitrogen and oxygen atoms in total. The highest BCUT2D eigenvalue weighted by Crippen LogP contribution is 2.24. The van der Waals surface area contributed by atoms with E-state index < -0.39 is 5.97 Å². The summed E-state index contributed by atoms with van der Waals surface area (Å²) in [6.07, 6.45) is -0.215. The molecule has 0 heterocycles. The molecule has 2 rings (SSSR count). The molecule has 0 saturated carbocycles. The molecule has 0 fully saturated rings. The molecule has 0 spiro atoms. The lowest BCUT2D eigenvalue weighted by molar-refractivity contribution is -0.304. The summed E-state index contributed by atoms with van der Waals surface area (Å²) in [4.78, 5) is 23.5. The van der Waals surface area contributed by atoms with Gasteiger partial charge in [0.1, 0.15) is 5.75 Å². The molecule has 0 saturated heterocycles. The van der Waals surface area contributed by atoms with E-state index in [1.165, 1.54) is 0 Å². The van der Waals surface area contributed by atoms with Gasteiger partial charge in [0, 0.05) is 18.0 Å². The lowest BCUT2D eigenvalue weighted by Crippen LogP contribution is -2.24. The van der Waals surface area contributed by atoms with Crippen LogP contribution >= 0.6 is 0 Å². The Bertz CT molecular complexity index is 704. The number of para-hydroxylation sites is 1. The van der Waals surface area contributed by atoms with Gasteiger partial charge < -0.3 is 14.6 Å². The molecule has 0 aliphatic rings. The van der Waals surface area contributed by atoms with E-state index in [0.717, 1.165) is 5.56 Å². The van der Waals surface area contributed by atoms with Gasteiger partial charge in [-0.05, 0) is 43.2 Å². The number of hydrogen-bond acceptors (Lipinski definition) is 4. The van der Waals surface area contributed by atoms with Gasteiger partial charge in [-0.1, -0.05) is 24.3 Å². The van der Waals surface area contributed by atoms with Crippen molar-refractivity contribution in [3.63, 3.8) is 0 Å². The topological polar surface area (TPSA) is 66.4 Å². The standard InChI is InChI=1S/C18H18O4/c1-3-22-16-7-5-4-6-14(16)18(21)15-10-13(11-17(19)20)9-8-12(15)2/h4-10H,3,11H2,1-2H3,(H,19,20)/p-1. The molecule has 4 heteroatoms. The summed E-state index contributed by atoms with van der Waals surface area (Å²) in [5.41, 5.74) is 2.28.